The third kappa shape index (κ3) is 7.88. The Morgan fingerprint density at radius 2 is 1.55 bits per heavy atom. The van der Waals surface area contributed by atoms with Crippen molar-refractivity contribution in [3.05, 3.63) is 83.6 Å². The average Bonchev–Trinajstić information content (AvgIpc) is 4.07. The second-order valence-electron chi connectivity index (χ2n) is 20.2. The summed E-state index contributed by atoms with van der Waals surface area (Å²) in [7, 11) is 2.72. The summed E-state index contributed by atoms with van der Waals surface area (Å²) in [5, 5.41) is 15.8. The highest BCUT2D eigenvalue weighted by atomic mass is 16.6. The largest absolute Gasteiger partial charge is 0.453 e. The molecule has 2 saturated carbocycles. The number of benzene rings is 3. The van der Waals surface area contributed by atoms with E-state index in [1.165, 1.54) is 73.3 Å². The van der Waals surface area contributed by atoms with E-state index in [4.69, 9.17) is 19.4 Å². The Kier molecular flexibility index (Phi) is 11.8. The van der Waals surface area contributed by atoms with Crippen LogP contribution in [0.2, 0.25) is 0 Å². The van der Waals surface area contributed by atoms with E-state index in [0.29, 0.717) is 12.5 Å². The summed E-state index contributed by atoms with van der Waals surface area (Å²) in [5.41, 5.74) is 11.9. The van der Waals surface area contributed by atoms with Gasteiger partial charge >= 0.3 is 6.09 Å². The van der Waals surface area contributed by atoms with Gasteiger partial charge in [-0.2, -0.15) is 0 Å². The second kappa shape index (κ2) is 17.6. The molecule has 0 bridgehead atoms. The Hall–Kier alpha value is -5.57. The van der Waals surface area contributed by atoms with E-state index in [1.807, 2.05) is 43.7 Å². The lowest BCUT2D eigenvalue weighted by Crippen LogP contribution is -2.52. The molecule has 348 valence electrons. The molecule has 1 spiro atoms. The molecular formula is C52H64N8O6. The van der Waals surface area contributed by atoms with Crippen LogP contribution in [-0.2, 0) is 30.9 Å². The molecule has 3 amide bonds. The first-order chi connectivity index (χ1) is 31.9. The lowest BCUT2D eigenvalue weighted by molar-refractivity contribution is -0.145. The van der Waals surface area contributed by atoms with Crippen molar-refractivity contribution >= 4 is 28.9 Å². The van der Waals surface area contributed by atoms with E-state index >= 15 is 0 Å². The summed E-state index contributed by atoms with van der Waals surface area (Å²) in [5.74, 6) is 1.73. The first-order valence-electron chi connectivity index (χ1n) is 24.1. The van der Waals surface area contributed by atoms with Gasteiger partial charge in [-0.05, 0) is 126 Å². The number of H-pyrrole nitrogens is 2. The van der Waals surface area contributed by atoms with Crippen LogP contribution in [0.25, 0.3) is 44.5 Å². The number of carbonyl (C=O) groups is 3. The zero-order valence-electron chi connectivity index (χ0n) is 39.0. The molecule has 2 aromatic heterocycles. The van der Waals surface area contributed by atoms with Crippen molar-refractivity contribution in [2.24, 2.45) is 17.8 Å². The molecular weight excluding hydrogens is 833 g/mol. The van der Waals surface area contributed by atoms with Crippen molar-refractivity contribution in [3.63, 3.8) is 0 Å². The molecule has 3 unspecified atom stereocenters. The van der Waals surface area contributed by atoms with Crippen molar-refractivity contribution in [1.82, 2.24) is 40.4 Å². The minimum Gasteiger partial charge on any atom is -0.453 e. The van der Waals surface area contributed by atoms with Gasteiger partial charge in [-0.1, -0.05) is 83.0 Å². The van der Waals surface area contributed by atoms with Gasteiger partial charge in [0.15, 0.2) is 0 Å². The number of alkyl carbamates (subject to hydrolysis) is 1. The van der Waals surface area contributed by atoms with E-state index in [1.54, 1.807) is 0 Å². The molecule has 4 heterocycles. The lowest BCUT2D eigenvalue weighted by atomic mass is 9.76. The van der Waals surface area contributed by atoms with Gasteiger partial charge in [0, 0.05) is 19.7 Å². The van der Waals surface area contributed by atoms with Crippen molar-refractivity contribution < 1.29 is 29.0 Å². The summed E-state index contributed by atoms with van der Waals surface area (Å²) in [6, 6.07) is 18.6. The molecule has 3 aromatic carbocycles. The summed E-state index contributed by atoms with van der Waals surface area (Å²) in [6.45, 7) is 8.44. The van der Waals surface area contributed by atoms with Gasteiger partial charge in [0.25, 0.3) is 0 Å². The average molecular weight is 897 g/mol. The fourth-order valence-corrected chi connectivity index (χ4v) is 12.0. The third-order valence-corrected chi connectivity index (χ3v) is 15.6. The topological polar surface area (TPSA) is 178 Å². The maximum atomic E-state index is 14.1. The molecule has 5 aromatic rings. The minimum atomic E-state index is -1.22. The number of methoxy groups -OCH3 is 2. The number of likely N-dealkylation sites (tertiary alicyclic amines) is 2. The number of aromatic nitrogens is 4. The Balaban J connectivity index is 0.911. The van der Waals surface area contributed by atoms with Crippen LogP contribution in [0.1, 0.15) is 120 Å². The molecule has 3 aliphatic carbocycles. The number of aliphatic hydroxyl groups is 1. The van der Waals surface area contributed by atoms with E-state index in [0.717, 1.165) is 72.5 Å². The summed E-state index contributed by atoms with van der Waals surface area (Å²) in [6.07, 6.45) is 10.7. The highest BCUT2D eigenvalue weighted by Crippen LogP contribution is 2.56. The number of hydrogen-bond acceptors (Lipinski definition) is 9. The molecule has 2 saturated heterocycles. The quantitative estimate of drug-likeness (QED) is 0.0728. The molecule has 0 radical (unpaired) electrons. The number of carbonyl (C=O) groups excluding carboxylic acids is 3. The Labute approximate surface area is 386 Å². The van der Waals surface area contributed by atoms with Crippen molar-refractivity contribution in [3.8, 4) is 33.5 Å². The minimum absolute atomic E-state index is 0.0424. The van der Waals surface area contributed by atoms with E-state index in [2.05, 4.69) is 75.2 Å². The number of nitrogens with zero attached hydrogens (tertiary/aromatic N) is 4. The standard InChI is InChI=1S/C52H64N8O6/c1-28(2)44(57-50(63)65-5)48(61)59-23-9-10-40(59)46-53-27-39(56-46)31-13-11-30(12-14-31)34-16-17-35(43-36(34)19-22-52(43)20-7-8-21-52)32-15-18-37-38(24-32)55-47(54-37)42-26-33-25-41(33)60(42)49(62)45(29(3)4)58-51(64)66-6/h11-18,24,27-29,33,40-42,44-45,50,57,63H,7-10,19-23,25-26H2,1-6H3,(H,53,56)(H,54,55)(H,58,64)/t33?,40-,41?,42-,44-,45-,50?/m0/s1. The van der Waals surface area contributed by atoms with Gasteiger partial charge < -0.3 is 39.7 Å². The monoisotopic (exact) mass is 896 g/mol. The fraction of sp³-hybridized carbons (Fsp3) is 0.519. The zero-order chi connectivity index (χ0) is 46.0. The number of fused-ring (bicyclic) bond motifs is 4. The van der Waals surface area contributed by atoms with Gasteiger partial charge in [-0.25, -0.2) is 14.8 Å². The molecule has 10 rings (SSSR count). The summed E-state index contributed by atoms with van der Waals surface area (Å²) in [4.78, 5) is 61.0. The van der Waals surface area contributed by atoms with Crippen LogP contribution in [0.15, 0.2) is 60.8 Å². The lowest BCUT2D eigenvalue weighted by Gasteiger charge is -2.31. The first kappa shape index (κ1) is 44.3. The Bertz CT molecular complexity index is 2630. The molecule has 14 heteroatoms. The number of aliphatic hydroxyl groups excluding tert-OH is 1. The van der Waals surface area contributed by atoms with Crippen LogP contribution < -0.4 is 10.6 Å². The predicted octanol–water partition coefficient (Wildman–Crippen LogP) is 8.29. The molecule has 5 N–H and O–H groups in total. The van der Waals surface area contributed by atoms with Crippen LogP contribution in [0.5, 0.6) is 0 Å². The number of aromatic amines is 2. The Morgan fingerprint density at radius 3 is 2.27 bits per heavy atom. The second-order valence-corrected chi connectivity index (χ2v) is 20.2. The highest BCUT2D eigenvalue weighted by molar-refractivity contribution is 5.89. The first-order valence-corrected chi connectivity index (χ1v) is 24.1. The van der Waals surface area contributed by atoms with Crippen LogP contribution in [0.4, 0.5) is 4.79 Å². The van der Waals surface area contributed by atoms with Gasteiger partial charge in [0.2, 0.25) is 18.2 Å². The molecule has 5 aliphatic rings. The van der Waals surface area contributed by atoms with Gasteiger partial charge in [-0.15, -0.1) is 0 Å². The number of nitrogens with one attached hydrogen (secondary N) is 4. The third-order valence-electron chi connectivity index (χ3n) is 15.6. The van der Waals surface area contributed by atoms with Crippen molar-refractivity contribution in [2.45, 2.75) is 134 Å². The number of ether oxygens (including phenoxy) is 2. The number of amides is 3. The summed E-state index contributed by atoms with van der Waals surface area (Å²) >= 11 is 0. The SMILES string of the molecule is COC(=O)N[C@H](C(=O)N1C2CC2C[C@H]1c1nc2ccc(-c3ccc(-c4ccc(-c5cnc([C@@H]6CCCN6C(=O)[C@@H](NC(O)OC)C(C)C)[nH]5)cc4)c4c3C3(CCCC3)CC4)cc2[nH]1)C(C)C. The van der Waals surface area contributed by atoms with Crippen LogP contribution >= 0.6 is 0 Å². The van der Waals surface area contributed by atoms with E-state index in [9.17, 15) is 19.5 Å². The number of rotatable bonds is 13. The molecule has 4 fully saturated rings. The fourth-order valence-electron chi connectivity index (χ4n) is 12.0. The summed E-state index contributed by atoms with van der Waals surface area (Å²) < 4.78 is 9.87. The number of imidazole rings is 2. The van der Waals surface area contributed by atoms with Gasteiger partial charge in [0.1, 0.15) is 17.7 Å². The zero-order valence-corrected chi connectivity index (χ0v) is 39.0. The molecule has 66 heavy (non-hydrogen) atoms. The predicted molar refractivity (Wildman–Crippen MR) is 252 cm³/mol. The maximum absolute atomic E-state index is 14.1. The molecule has 7 atom stereocenters. The van der Waals surface area contributed by atoms with Crippen LogP contribution in [0, 0.1) is 17.8 Å². The highest BCUT2D eigenvalue weighted by Gasteiger charge is 2.56. The number of piperidine rings is 1. The van der Waals surface area contributed by atoms with E-state index < -0.39 is 24.6 Å². The van der Waals surface area contributed by atoms with Gasteiger partial charge in [-0.3, -0.25) is 14.9 Å². The number of hydrogen-bond donors (Lipinski definition) is 5. The van der Waals surface area contributed by atoms with Crippen LogP contribution in [0.3, 0.4) is 0 Å². The molecule has 14 nitrogen and oxygen atoms in total. The Morgan fingerprint density at radius 1 is 0.818 bits per heavy atom. The van der Waals surface area contributed by atoms with E-state index in [-0.39, 0.29) is 47.2 Å². The van der Waals surface area contributed by atoms with Crippen molar-refractivity contribution in [1.29, 1.82) is 0 Å². The molecule has 2 aliphatic heterocycles. The maximum Gasteiger partial charge on any atom is 0.407 e. The van der Waals surface area contributed by atoms with Gasteiger partial charge in [0.05, 0.1) is 48.2 Å². The smallest absolute Gasteiger partial charge is 0.407 e. The normalized spacial score (nSPS) is 23.2. The van der Waals surface area contributed by atoms with Crippen molar-refractivity contribution in [2.75, 3.05) is 20.8 Å². The van der Waals surface area contributed by atoms with Crippen LogP contribution in [-0.4, -0.2) is 98.1 Å².